The number of halogens is 6. The van der Waals surface area contributed by atoms with E-state index >= 15 is 0 Å². The minimum atomic E-state index is -4.96. The zero-order valence-corrected chi connectivity index (χ0v) is 21.4. The van der Waals surface area contributed by atoms with Gasteiger partial charge in [0.1, 0.15) is 0 Å². The van der Waals surface area contributed by atoms with Crippen molar-refractivity contribution in [3.05, 3.63) is 107 Å². The molecule has 0 N–H and O–H groups in total. The lowest BCUT2D eigenvalue weighted by atomic mass is 9.87. The molecule has 3 aromatic carbocycles. The van der Waals surface area contributed by atoms with Gasteiger partial charge in [0.2, 0.25) is 5.91 Å². The number of hydrogen-bond donors (Lipinski definition) is 0. The Labute approximate surface area is 223 Å². The number of hydrogen-bond acceptors (Lipinski definition) is 2. The number of fused-ring (bicyclic) bond motifs is 1. The summed E-state index contributed by atoms with van der Waals surface area (Å²) in [5.74, 6) is -0.226. The fraction of sp³-hybridized carbons (Fsp3) is 0.367. The van der Waals surface area contributed by atoms with Gasteiger partial charge in [-0.2, -0.15) is 26.3 Å². The number of alkyl halides is 6. The third kappa shape index (κ3) is 5.04. The molecule has 0 radical (unpaired) electrons. The average molecular weight is 547 g/mol. The van der Waals surface area contributed by atoms with Gasteiger partial charge in [0.25, 0.3) is 0 Å². The molecule has 1 unspecified atom stereocenters. The van der Waals surface area contributed by atoms with Crippen molar-refractivity contribution in [3.63, 3.8) is 0 Å². The number of piperidine rings is 1. The van der Waals surface area contributed by atoms with Crippen LogP contribution in [0.15, 0.2) is 78.9 Å². The van der Waals surface area contributed by atoms with Crippen molar-refractivity contribution in [1.29, 1.82) is 0 Å². The monoisotopic (exact) mass is 546 g/mol. The summed E-state index contributed by atoms with van der Waals surface area (Å²) in [6, 6.07) is 19.7. The van der Waals surface area contributed by atoms with Gasteiger partial charge in [0, 0.05) is 26.2 Å². The average Bonchev–Trinajstić information content (AvgIpc) is 3.52. The van der Waals surface area contributed by atoms with Crippen LogP contribution in [0.5, 0.6) is 0 Å². The Kier molecular flexibility index (Phi) is 6.77. The summed E-state index contributed by atoms with van der Waals surface area (Å²) in [5.41, 5.74) is -1.74. The first kappa shape index (κ1) is 27.2. The molecule has 1 saturated heterocycles. The highest BCUT2D eigenvalue weighted by Gasteiger charge is 2.71. The maximum Gasteiger partial charge on any atom is 0.416 e. The number of rotatable bonds is 6. The van der Waals surface area contributed by atoms with Gasteiger partial charge in [0.15, 0.2) is 0 Å². The maximum absolute atomic E-state index is 14.1. The SMILES string of the molecule is C[C@@H](c1cc(C(F)(F)F)cc(C(F)(F)F)c1)N(C)C(=O)[C@@]12CC1CN(Cc1ccccc1)[C@H]2c1ccccc1. The minimum Gasteiger partial charge on any atom is -0.338 e. The van der Waals surface area contributed by atoms with Gasteiger partial charge in [-0.05, 0) is 54.2 Å². The van der Waals surface area contributed by atoms with Crippen LogP contribution in [0.2, 0.25) is 0 Å². The Morgan fingerprint density at radius 3 is 2.00 bits per heavy atom. The van der Waals surface area contributed by atoms with Crippen LogP contribution < -0.4 is 0 Å². The summed E-state index contributed by atoms with van der Waals surface area (Å²) in [5, 5.41) is 0. The number of likely N-dealkylation sites (tertiary alicyclic amines) is 1. The van der Waals surface area contributed by atoms with E-state index in [2.05, 4.69) is 4.90 Å². The Hall–Kier alpha value is -3.33. The molecular weight excluding hydrogens is 518 g/mol. The molecule has 0 bridgehead atoms. The molecular formula is C30H28F6N2O. The van der Waals surface area contributed by atoms with E-state index in [1.807, 2.05) is 60.7 Å². The van der Waals surface area contributed by atoms with E-state index in [-0.39, 0.29) is 29.5 Å². The Balaban J connectivity index is 1.48. The molecule has 206 valence electrons. The van der Waals surface area contributed by atoms with Gasteiger partial charge >= 0.3 is 12.4 Å². The summed E-state index contributed by atoms with van der Waals surface area (Å²) >= 11 is 0. The smallest absolute Gasteiger partial charge is 0.338 e. The summed E-state index contributed by atoms with van der Waals surface area (Å²) in [6.07, 6.45) is -9.30. The van der Waals surface area contributed by atoms with Gasteiger partial charge in [0.05, 0.1) is 22.6 Å². The first-order chi connectivity index (χ1) is 18.3. The second-order valence-corrected chi connectivity index (χ2v) is 10.6. The van der Waals surface area contributed by atoms with Crippen LogP contribution in [0.3, 0.4) is 0 Å². The van der Waals surface area contributed by atoms with Crippen molar-refractivity contribution in [2.45, 2.75) is 44.3 Å². The second-order valence-electron chi connectivity index (χ2n) is 10.6. The Bertz CT molecular complexity index is 1310. The van der Waals surface area contributed by atoms with Crippen molar-refractivity contribution in [2.75, 3.05) is 13.6 Å². The molecule has 3 aromatic rings. The van der Waals surface area contributed by atoms with E-state index in [0.29, 0.717) is 31.6 Å². The maximum atomic E-state index is 14.1. The van der Waals surface area contributed by atoms with E-state index in [0.717, 1.165) is 11.1 Å². The Morgan fingerprint density at radius 2 is 1.46 bits per heavy atom. The molecule has 1 heterocycles. The van der Waals surface area contributed by atoms with E-state index in [1.165, 1.54) is 18.9 Å². The molecule has 0 spiro atoms. The molecule has 9 heteroatoms. The molecule has 2 aliphatic rings. The van der Waals surface area contributed by atoms with Crippen molar-refractivity contribution in [3.8, 4) is 0 Å². The first-order valence-electron chi connectivity index (χ1n) is 12.7. The van der Waals surface area contributed by atoms with Crippen molar-refractivity contribution in [1.82, 2.24) is 9.80 Å². The molecule has 3 nitrogen and oxygen atoms in total. The van der Waals surface area contributed by atoms with Gasteiger partial charge in [-0.3, -0.25) is 9.69 Å². The van der Waals surface area contributed by atoms with Gasteiger partial charge in [-0.15, -0.1) is 0 Å². The van der Waals surface area contributed by atoms with Crippen LogP contribution in [0.1, 0.15) is 53.2 Å². The zero-order valence-electron chi connectivity index (χ0n) is 21.4. The zero-order chi connectivity index (χ0) is 28.2. The first-order valence-corrected chi connectivity index (χ1v) is 12.7. The van der Waals surface area contributed by atoms with Crippen LogP contribution in [-0.4, -0.2) is 29.3 Å². The van der Waals surface area contributed by atoms with E-state index in [4.69, 9.17) is 0 Å². The molecule has 1 aliphatic heterocycles. The molecule has 4 atom stereocenters. The normalized spacial score (nSPS) is 23.8. The predicted molar refractivity (Wildman–Crippen MR) is 134 cm³/mol. The Morgan fingerprint density at radius 1 is 0.923 bits per heavy atom. The van der Waals surface area contributed by atoms with Crippen molar-refractivity contribution < 1.29 is 31.1 Å². The third-order valence-corrected chi connectivity index (χ3v) is 8.20. The highest BCUT2D eigenvalue weighted by molar-refractivity contribution is 5.88. The van der Waals surface area contributed by atoms with Crippen molar-refractivity contribution >= 4 is 5.91 Å². The lowest BCUT2D eigenvalue weighted by molar-refractivity contribution is -0.143. The van der Waals surface area contributed by atoms with Crippen LogP contribution >= 0.6 is 0 Å². The number of carbonyl (C=O) groups excluding carboxylic acids is 1. The lowest BCUT2D eigenvalue weighted by Crippen LogP contribution is -2.41. The summed E-state index contributed by atoms with van der Waals surface area (Å²) < 4.78 is 80.9. The standard InChI is InChI=1S/C30H28F6N2O/c1-19(22-13-23(29(31,32)33)15-24(14-22)30(34,35)36)37(2)27(39)28-16-25(28)18-38(17-20-9-5-3-6-10-20)26(28)21-11-7-4-8-12-21/h3-15,19,25-26H,16-18H2,1-2H3/t19-,25?,26-,28-/m0/s1. The van der Waals surface area contributed by atoms with Gasteiger partial charge in [-0.25, -0.2) is 0 Å². The van der Waals surface area contributed by atoms with Crippen LogP contribution in [0, 0.1) is 11.3 Å². The minimum absolute atomic E-state index is 0.0424. The fourth-order valence-electron chi connectivity index (χ4n) is 6.07. The van der Waals surface area contributed by atoms with E-state index in [1.54, 1.807) is 0 Å². The van der Waals surface area contributed by atoms with E-state index in [9.17, 15) is 31.1 Å². The number of nitrogens with zero attached hydrogens (tertiary/aromatic N) is 2. The predicted octanol–water partition coefficient (Wildman–Crippen LogP) is 7.51. The van der Waals surface area contributed by atoms with Gasteiger partial charge < -0.3 is 4.90 Å². The molecule has 0 aromatic heterocycles. The molecule has 2 fully saturated rings. The molecule has 1 aliphatic carbocycles. The fourth-order valence-corrected chi connectivity index (χ4v) is 6.07. The van der Waals surface area contributed by atoms with Gasteiger partial charge in [-0.1, -0.05) is 60.7 Å². The summed E-state index contributed by atoms with van der Waals surface area (Å²) in [6.45, 7) is 2.76. The summed E-state index contributed by atoms with van der Waals surface area (Å²) in [7, 11) is 1.46. The quantitative estimate of drug-likeness (QED) is 0.299. The third-order valence-electron chi connectivity index (χ3n) is 8.20. The largest absolute Gasteiger partial charge is 0.416 e. The number of benzene rings is 3. The highest BCUT2D eigenvalue weighted by atomic mass is 19.4. The number of amides is 1. The van der Waals surface area contributed by atoms with Crippen molar-refractivity contribution in [2.24, 2.45) is 11.3 Å². The van der Waals surface area contributed by atoms with E-state index < -0.39 is 34.9 Å². The van der Waals surface area contributed by atoms with Crippen LogP contribution in [0.25, 0.3) is 0 Å². The molecule has 5 rings (SSSR count). The van der Waals surface area contributed by atoms with Crippen LogP contribution in [-0.2, 0) is 23.7 Å². The summed E-state index contributed by atoms with van der Waals surface area (Å²) in [4.78, 5) is 17.7. The number of carbonyl (C=O) groups is 1. The topological polar surface area (TPSA) is 23.6 Å². The molecule has 39 heavy (non-hydrogen) atoms. The highest BCUT2D eigenvalue weighted by Crippen LogP contribution is 2.68. The van der Waals surface area contributed by atoms with Crippen LogP contribution in [0.4, 0.5) is 26.3 Å². The second kappa shape index (κ2) is 9.70. The molecule has 1 saturated carbocycles. The molecule has 1 amide bonds. The lowest BCUT2D eigenvalue weighted by Gasteiger charge is -2.36.